The highest BCUT2D eigenvalue weighted by molar-refractivity contribution is 7.80. The Morgan fingerprint density at radius 1 is 0.931 bits per heavy atom. The molecule has 3 aromatic carbocycles. The number of hydrogen-bond acceptors (Lipinski definition) is 2. The minimum absolute atomic E-state index is 0.184. The normalized spacial score (nSPS) is 12.3. The van der Waals surface area contributed by atoms with E-state index in [4.69, 9.17) is 58.6 Å². The van der Waals surface area contributed by atoms with Crippen LogP contribution in [0.4, 0.5) is 5.69 Å². The predicted molar refractivity (Wildman–Crippen MR) is 126 cm³/mol. The molecular weight excluding hydrogens is 472 g/mol. The van der Waals surface area contributed by atoms with Crippen LogP contribution < -0.4 is 16.0 Å². The highest BCUT2D eigenvalue weighted by atomic mass is 35.6. The molecule has 0 heterocycles. The number of thiocarbonyl (C=S) groups is 1. The van der Waals surface area contributed by atoms with E-state index in [1.165, 1.54) is 6.07 Å². The van der Waals surface area contributed by atoms with E-state index < -0.39 is 15.9 Å². The van der Waals surface area contributed by atoms with Crippen molar-refractivity contribution in [2.24, 2.45) is 0 Å². The Bertz CT molecular complexity index is 1050. The maximum Gasteiger partial charge on any atom is 0.253 e. The van der Waals surface area contributed by atoms with Crippen LogP contribution in [0.15, 0.2) is 66.7 Å². The number of rotatable bonds is 4. The quantitative estimate of drug-likeness (QED) is 0.244. The number of carbonyl (C=O) groups is 1. The van der Waals surface area contributed by atoms with Gasteiger partial charge >= 0.3 is 0 Å². The Hall–Kier alpha value is -1.76. The van der Waals surface area contributed by atoms with E-state index in [2.05, 4.69) is 16.0 Å². The molecule has 1 unspecified atom stereocenters. The Balaban J connectivity index is 1.74. The van der Waals surface area contributed by atoms with Gasteiger partial charge in [0.2, 0.25) is 3.79 Å². The molecule has 0 saturated carbocycles. The first-order valence-electron chi connectivity index (χ1n) is 8.42. The van der Waals surface area contributed by atoms with Crippen molar-refractivity contribution in [3.8, 4) is 0 Å². The van der Waals surface area contributed by atoms with E-state index >= 15 is 0 Å². The number of carbonyl (C=O) groups excluding carboxylic acids is 1. The van der Waals surface area contributed by atoms with Crippen LogP contribution >= 0.6 is 58.6 Å². The standard InChI is InChI=1S/C20H15Cl4N3OS/c21-14-8-3-7-13(11-14)17(28)26-18(20(22,23)24)27-19(29)25-16-10-4-6-12-5-1-2-9-15(12)16/h1-11,18H,(H,26,28)(H2,25,27,29). The van der Waals surface area contributed by atoms with Crippen molar-refractivity contribution in [2.75, 3.05) is 5.32 Å². The molecule has 0 spiro atoms. The average Bonchev–Trinajstić information content (AvgIpc) is 2.67. The van der Waals surface area contributed by atoms with Gasteiger partial charge in [-0.2, -0.15) is 0 Å². The Kier molecular flexibility index (Phi) is 7.09. The maximum atomic E-state index is 12.5. The fourth-order valence-corrected chi connectivity index (χ4v) is 3.41. The summed E-state index contributed by atoms with van der Waals surface area (Å²) in [6.07, 6.45) is -1.09. The number of anilines is 1. The third kappa shape index (κ3) is 5.87. The minimum atomic E-state index is -1.86. The molecule has 4 nitrogen and oxygen atoms in total. The summed E-state index contributed by atoms with van der Waals surface area (Å²) in [6.45, 7) is 0. The highest BCUT2D eigenvalue weighted by Crippen LogP contribution is 2.30. The van der Waals surface area contributed by atoms with Crippen LogP contribution in [0.3, 0.4) is 0 Å². The van der Waals surface area contributed by atoms with E-state index in [-0.39, 0.29) is 5.11 Å². The number of fused-ring (bicyclic) bond motifs is 1. The van der Waals surface area contributed by atoms with Crippen LogP contribution in [0, 0.1) is 0 Å². The molecule has 0 aliphatic carbocycles. The summed E-state index contributed by atoms with van der Waals surface area (Å²) < 4.78 is -1.86. The van der Waals surface area contributed by atoms with Gasteiger partial charge in [-0.1, -0.05) is 88.9 Å². The van der Waals surface area contributed by atoms with Gasteiger partial charge in [-0.15, -0.1) is 0 Å². The van der Waals surface area contributed by atoms with Crippen molar-refractivity contribution in [1.82, 2.24) is 10.6 Å². The van der Waals surface area contributed by atoms with Gasteiger partial charge in [-0.25, -0.2) is 0 Å². The molecular formula is C20H15Cl4N3OS. The van der Waals surface area contributed by atoms with E-state index in [1.54, 1.807) is 18.2 Å². The van der Waals surface area contributed by atoms with Crippen LogP contribution in [0.5, 0.6) is 0 Å². The van der Waals surface area contributed by atoms with Crippen LogP contribution in [-0.4, -0.2) is 21.0 Å². The van der Waals surface area contributed by atoms with Gasteiger partial charge in [0, 0.05) is 21.7 Å². The lowest BCUT2D eigenvalue weighted by Gasteiger charge is -2.28. The molecule has 0 aromatic heterocycles. The first kappa shape index (κ1) is 21.9. The molecule has 3 rings (SSSR count). The predicted octanol–water partition coefficient (Wildman–Crippen LogP) is 5.91. The fourth-order valence-electron chi connectivity index (χ4n) is 2.67. The molecule has 3 aromatic rings. The van der Waals surface area contributed by atoms with Crippen LogP contribution in [0.25, 0.3) is 10.8 Å². The molecule has 29 heavy (non-hydrogen) atoms. The summed E-state index contributed by atoms with van der Waals surface area (Å²) in [5, 5.41) is 11.2. The van der Waals surface area contributed by atoms with Crippen LogP contribution in [0.2, 0.25) is 5.02 Å². The molecule has 0 radical (unpaired) electrons. The lowest BCUT2D eigenvalue weighted by Crippen LogP contribution is -2.56. The number of benzene rings is 3. The zero-order chi connectivity index (χ0) is 21.0. The first-order valence-corrected chi connectivity index (χ1v) is 10.3. The van der Waals surface area contributed by atoms with Crippen LogP contribution in [-0.2, 0) is 0 Å². The molecule has 0 bridgehead atoms. The Morgan fingerprint density at radius 2 is 1.62 bits per heavy atom. The third-order valence-electron chi connectivity index (χ3n) is 4.00. The lowest BCUT2D eigenvalue weighted by atomic mass is 10.1. The van der Waals surface area contributed by atoms with Crippen molar-refractivity contribution in [3.63, 3.8) is 0 Å². The maximum absolute atomic E-state index is 12.5. The number of alkyl halides is 3. The SMILES string of the molecule is O=C(NC(NC(=S)Nc1cccc2ccccc12)C(Cl)(Cl)Cl)c1cccc(Cl)c1. The zero-order valence-corrected chi connectivity index (χ0v) is 18.6. The summed E-state index contributed by atoms with van der Waals surface area (Å²) in [7, 11) is 0. The molecule has 0 aliphatic rings. The molecule has 0 fully saturated rings. The van der Waals surface area contributed by atoms with Gasteiger partial charge < -0.3 is 16.0 Å². The van der Waals surface area contributed by atoms with Crippen LogP contribution in [0.1, 0.15) is 10.4 Å². The Labute approximate surface area is 193 Å². The van der Waals surface area contributed by atoms with Crippen molar-refractivity contribution in [3.05, 3.63) is 77.3 Å². The lowest BCUT2D eigenvalue weighted by molar-refractivity contribution is 0.0934. The molecule has 9 heteroatoms. The highest BCUT2D eigenvalue weighted by Gasteiger charge is 2.35. The molecule has 3 N–H and O–H groups in total. The topological polar surface area (TPSA) is 53.2 Å². The van der Waals surface area contributed by atoms with Gasteiger partial charge in [0.15, 0.2) is 5.11 Å². The summed E-state index contributed by atoms with van der Waals surface area (Å²) in [4.78, 5) is 12.5. The molecule has 0 aliphatic heterocycles. The third-order valence-corrected chi connectivity index (χ3v) is 5.11. The molecule has 1 amide bonds. The number of amides is 1. The monoisotopic (exact) mass is 485 g/mol. The van der Waals surface area contributed by atoms with Crippen molar-refractivity contribution >= 4 is 86.1 Å². The fraction of sp³-hybridized carbons (Fsp3) is 0.100. The second-order valence-electron chi connectivity index (χ2n) is 6.08. The van der Waals surface area contributed by atoms with E-state index in [0.717, 1.165) is 16.5 Å². The van der Waals surface area contributed by atoms with Gasteiger partial charge in [0.1, 0.15) is 6.17 Å². The van der Waals surface area contributed by atoms with Gasteiger partial charge in [0.25, 0.3) is 5.91 Å². The summed E-state index contributed by atoms with van der Waals surface area (Å²) in [5.41, 5.74) is 1.11. The smallest absolute Gasteiger partial charge is 0.253 e. The number of halogens is 4. The second kappa shape index (κ2) is 9.37. The van der Waals surface area contributed by atoms with Gasteiger partial charge in [0.05, 0.1) is 0 Å². The van der Waals surface area contributed by atoms with Crippen molar-refractivity contribution in [1.29, 1.82) is 0 Å². The van der Waals surface area contributed by atoms with Crippen molar-refractivity contribution < 1.29 is 4.79 Å². The minimum Gasteiger partial charge on any atom is -0.339 e. The summed E-state index contributed by atoms with van der Waals surface area (Å²) in [5.74, 6) is -0.468. The Morgan fingerprint density at radius 3 is 2.34 bits per heavy atom. The number of hydrogen-bond donors (Lipinski definition) is 3. The van der Waals surface area contributed by atoms with E-state index in [9.17, 15) is 4.79 Å². The average molecular weight is 487 g/mol. The largest absolute Gasteiger partial charge is 0.339 e. The van der Waals surface area contributed by atoms with E-state index in [0.29, 0.717) is 10.6 Å². The molecule has 150 valence electrons. The zero-order valence-electron chi connectivity index (χ0n) is 14.8. The summed E-state index contributed by atoms with van der Waals surface area (Å²) in [6, 6.07) is 20.0. The van der Waals surface area contributed by atoms with Gasteiger partial charge in [-0.05, 0) is 41.9 Å². The number of nitrogens with one attached hydrogen (secondary N) is 3. The van der Waals surface area contributed by atoms with Gasteiger partial charge in [-0.3, -0.25) is 4.79 Å². The van der Waals surface area contributed by atoms with E-state index in [1.807, 2.05) is 42.5 Å². The molecule has 1 atom stereocenters. The summed E-state index contributed by atoms with van der Waals surface area (Å²) >= 11 is 29.4. The second-order valence-corrected chi connectivity index (χ2v) is 9.30. The first-order chi connectivity index (χ1) is 13.7. The van der Waals surface area contributed by atoms with Crippen molar-refractivity contribution in [2.45, 2.75) is 9.96 Å². The molecule has 0 saturated heterocycles.